The van der Waals surface area contributed by atoms with Crippen LogP contribution >= 0.6 is 34.9 Å². The molecule has 0 aliphatic carbocycles. The second kappa shape index (κ2) is 9.33. The fraction of sp³-hybridized carbons (Fsp3) is 0.467. The second-order valence-corrected chi connectivity index (χ2v) is 8.21. The highest BCUT2D eigenvalue weighted by atomic mass is 32.2. The zero-order valence-corrected chi connectivity index (χ0v) is 14.8. The van der Waals surface area contributed by atoms with Crippen LogP contribution in [0.3, 0.4) is 0 Å². The molecule has 0 radical (unpaired) electrons. The van der Waals surface area contributed by atoms with Gasteiger partial charge in [0.05, 0.1) is 6.61 Å². The Bertz CT molecular complexity index is 545. The SMILES string of the molecule is CCCCSc1nnc(SCCOc2cccc(C)c2)s1. The Hall–Kier alpha value is -0.720. The molecule has 1 heterocycles. The Morgan fingerprint density at radius 1 is 1.14 bits per heavy atom. The van der Waals surface area contributed by atoms with Crippen LogP contribution in [0.15, 0.2) is 32.9 Å². The first-order valence-electron chi connectivity index (χ1n) is 7.06. The summed E-state index contributed by atoms with van der Waals surface area (Å²) in [6.07, 6.45) is 2.46. The summed E-state index contributed by atoms with van der Waals surface area (Å²) in [5.41, 5.74) is 1.22. The Morgan fingerprint density at radius 2 is 1.90 bits per heavy atom. The van der Waals surface area contributed by atoms with E-state index >= 15 is 0 Å². The molecule has 0 saturated carbocycles. The third-order valence-electron chi connectivity index (χ3n) is 2.68. The van der Waals surface area contributed by atoms with Gasteiger partial charge < -0.3 is 4.74 Å². The number of ether oxygens (including phenoxy) is 1. The number of hydrogen-bond acceptors (Lipinski definition) is 6. The van der Waals surface area contributed by atoms with E-state index in [1.54, 1.807) is 34.9 Å². The molecule has 0 aliphatic rings. The van der Waals surface area contributed by atoms with Crippen molar-refractivity contribution < 1.29 is 4.74 Å². The number of hydrogen-bond donors (Lipinski definition) is 0. The van der Waals surface area contributed by atoms with Gasteiger partial charge in [-0.05, 0) is 31.0 Å². The number of thioether (sulfide) groups is 2. The number of aromatic nitrogens is 2. The van der Waals surface area contributed by atoms with Crippen LogP contribution in [0.2, 0.25) is 0 Å². The van der Waals surface area contributed by atoms with E-state index < -0.39 is 0 Å². The highest BCUT2D eigenvalue weighted by molar-refractivity contribution is 8.03. The summed E-state index contributed by atoms with van der Waals surface area (Å²) in [6.45, 7) is 4.96. The van der Waals surface area contributed by atoms with E-state index in [0.29, 0.717) is 6.61 Å². The molecule has 114 valence electrons. The van der Waals surface area contributed by atoms with Crippen LogP contribution in [-0.4, -0.2) is 28.3 Å². The third kappa shape index (κ3) is 6.28. The summed E-state index contributed by atoms with van der Waals surface area (Å²) in [6, 6.07) is 8.13. The maximum Gasteiger partial charge on any atom is 0.175 e. The molecule has 0 atom stereocenters. The van der Waals surface area contributed by atoms with Gasteiger partial charge in [0.2, 0.25) is 0 Å². The number of benzene rings is 1. The highest BCUT2D eigenvalue weighted by Crippen LogP contribution is 2.29. The Morgan fingerprint density at radius 3 is 2.62 bits per heavy atom. The van der Waals surface area contributed by atoms with E-state index in [-0.39, 0.29) is 0 Å². The van der Waals surface area contributed by atoms with Crippen molar-refractivity contribution in [2.75, 3.05) is 18.1 Å². The molecule has 2 rings (SSSR count). The van der Waals surface area contributed by atoms with Gasteiger partial charge >= 0.3 is 0 Å². The second-order valence-electron chi connectivity index (χ2n) is 4.55. The summed E-state index contributed by atoms with van der Waals surface area (Å²) < 4.78 is 7.83. The van der Waals surface area contributed by atoms with Crippen molar-refractivity contribution >= 4 is 34.9 Å². The van der Waals surface area contributed by atoms with Crippen LogP contribution < -0.4 is 4.74 Å². The molecule has 21 heavy (non-hydrogen) atoms. The van der Waals surface area contributed by atoms with Crippen molar-refractivity contribution in [2.24, 2.45) is 0 Å². The van der Waals surface area contributed by atoms with Gasteiger partial charge in [0.25, 0.3) is 0 Å². The molecular weight excluding hydrogens is 320 g/mol. The average Bonchev–Trinajstić information content (AvgIpc) is 2.92. The van der Waals surface area contributed by atoms with E-state index in [4.69, 9.17) is 4.74 Å². The van der Waals surface area contributed by atoms with Crippen molar-refractivity contribution in [3.05, 3.63) is 29.8 Å². The van der Waals surface area contributed by atoms with Crippen LogP contribution in [-0.2, 0) is 0 Å². The molecule has 0 N–H and O–H groups in total. The fourth-order valence-electron chi connectivity index (χ4n) is 1.61. The van der Waals surface area contributed by atoms with Crippen LogP contribution in [0.1, 0.15) is 25.3 Å². The molecule has 0 saturated heterocycles. The normalized spacial score (nSPS) is 10.8. The number of nitrogens with zero attached hydrogens (tertiary/aromatic N) is 2. The maximum absolute atomic E-state index is 5.73. The molecule has 0 bridgehead atoms. The molecule has 0 aliphatic heterocycles. The fourth-order valence-corrected chi connectivity index (χ4v) is 4.67. The van der Waals surface area contributed by atoms with E-state index in [1.165, 1.54) is 18.4 Å². The van der Waals surface area contributed by atoms with Gasteiger partial charge in [0.15, 0.2) is 8.68 Å². The summed E-state index contributed by atoms with van der Waals surface area (Å²) in [4.78, 5) is 0. The van der Waals surface area contributed by atoms with Crippen LogP contribution in [0.25, 0.3) is 0 Å². The number of unbranched alkanes of at least 4 members (excludes halogenated alkanes) is 1. The Kier molecular flexibility index (Phi) is 7.39. The molecule has 1 aromatic heterocycles. The smallest absolute Gasteiger partial charge is 0.175 e. The predicted molar refractivity (Wildman–Crippen MR) is 92.9 cm³/mol. The quantitative estimate of drug-likeness (QED) is 0.479. The van der Waals surface area contributed by atoms with Crippen molar-refractivity contribution in [1.29, 1.82) is 0 Å². The molecule has 0 amide bonds. The van der Waals surface area contributed by atoms with Crippen LogP contribution in [0.4, 0.5) is 0 Å². The van der Waals surface area contributed by atoms with E-state index in [1.807, 2.05) is 12.1 Å². The lowest BCUT2D eigenvalue weighted by Crippen LogP contribution is -1.99. The van der Waals surface area contributed by atoms with Gasteiger partial charge in [-0.3, -0.25) is 0 Å². The maximum atomic E-state index is 5.73. The zero-order chi connectivity index (χ0) is 14.9. The van der Waals surface area contributed by atoms with Crippen molar-refractivity contribution in [3.63, 3.8) is 0 Å². The minimum Gasteiger partial charge on any atom is -0.493 e. The Labute approximate surface area is 138 Å². The van der Waals surface area contributed by atoms with Gasteiger partial charge in [0.1, 0.15) is 5.75 Å². The predicted octanol–water partition coefficient (Wildman–Crippen LogP) is 4.91. The van der Waals surface area contributed by atoms with Crippen molar-refractivity contribution in [1.82, 2.24) is 10.2 Å². The molecule has 0 unspecified atom stereocenters. The lowest BCUT2D eigenvalue weighted by molar-refractivity contribution is 0.343. The van der Waals surface area contributed by atoms with E-state index in [0.717, 1.165) is 25.9 Å². The molecule has 1 aromatic carbocycles. The topological polar surface area (TPSA) is 35.0 Å². The van der Waals surface area contributed by atoms with Gasteiger partial charge in [-0.25, -0.2) is 0 Å². The molecular formula is C15H20N2OS3. The summed E-state index contributed by atoms with van der Waals surface area (Å²) in [5, 5.41) is 8.42. The average molecular weight is 341 g/mol. The van der Waals surface area contributed by atoms with Gasteiger partial charge in [-0.15, -0.1) is 10.2 Å². The molecule has 3 nitrogen and oxygen atoms in total. The molecule has 2 aromatic rings. The Balaban J connectivity index is 1.66. The standard InChI is InChI=1S/C15H20N2OS3/c1-3-4-9-19-14-16-17-15(21-14)20-10-8-18-13-7-5-6-12(2)11-13/h5-7,11H,3-4,8-10H2,1-2H3. The minimum atomic E-state index is 0.687. The monoisotopic (exact) mass is 340 g/mol. The first kappa shape index (κ1) is 16.6. The first-order chi connectivity index (χ1) is 10.3. The number of aryl methyl sites for hydroxylation is 1. The van der Waals surface area contributed by atoms with Crippen LogP contribution in [0.5, 0.6) is 5.75 Å². The molecule has 6 heteroatoms. The summed E-state index contributed by atoms with van der Waals surface area (Å²) in [5.74, 6) is 2.96. The lowest BCUT2D eigenvalue weighted by Gasteiger charge is -2.05. The summed E-state index contributed by atoms with van der Waals surface area (Å²) in [7, 11) is 0. The van der Waals surface area contributed by atoms with E-state index in [2.05, 4.69) is 36.2 Å². The number of rotatable bonds is 9. The third-order valence-corrected chi connectivity index (χ3v) is 5.92. The first-order valence-corrected chi connectivity index (χ1v) is 9.85. The highest BCUT2D eigenvalue weighted by Gasteiger charge is 2.05. The summed E-state index contributed by atoms with van der Waals surface area (Å²) >= 11 is 5.19. The van der Waals surface area contributed by atoms with Gasteiger partial charge in [-0.1, -0.05) is 60.3 Å². The van der Waals surface area contributed by atoms with Crippen molar-refractivity contribution in [3.8, 4) is 5.75 Å². The van der Waals surface area contributed by atoms with Gasteiger partial charge in [0, 0.05) is 11.5 Å². The molecule has 0 spiro atoms. The van der Waals surface area contributed by atoms with E-state index in [9.17, 15) is 0 Å². The largest absolute Gasteiger partial charge is 0.493 e. The minimum absolute atomic E-state index is 0.687. The molecule has 0 fully saturated rings. The lowest BCUT2D eigenvalue weighted by atomic mass is 10.2. The zero-order valence-electron chi connectivity index (χ0n) is 12.4. The van der Waals surface area contributed by atoms with Gasteiger partial charge in [-0.2, -0.15) is 0 Å². The van der Waals surface area contributed by atoms with Crippen LogP contribution in [0, 0.1) is 6.92 Å². The van der Waals surface area contributed by atoms with Crippen molar-refractivity contribution in [2.45, 2.75) is 35.4 Å².